The summed E-state index contributed by atoms with van der Waals surface area (Å²) in [6.45, 7) is 5.03. The second kappa shape index (κ2) is 5.58. The standard InChI is InChI=1S/C14H19N/c1-5-10-15(4)13(3)11-14-8-6-12(2)7-9-14/h1,6-9,13H,10-11H2,2-4H3. The number of hydrogen-bond donors (Lipinski definition) is 0. The first-order valence-corrected chi connectivity index (χ1v) is 5.32. The van der Waals surface area contributed by atoms with E-state index >= 15 is 0 Å². The van der Waals surface area contributed by atoms with Crippen LogP contribution in [-0.4, -0.2) is 24.5 Å². The zero-order valence-electron chi connectivity index (χ0n) is 9.83. The summed E-state index contributed by atoms with van der Waals surface area (Å²) in [5.41, 5.74) is 2.68. The monoisotopic (exact) mass is 201 g/mol. The molecule has 0 fully saturated rings. The average molecular weight is 201 g/mol. The van der Waals surface area contributed by atoms with Gasteiger partial charge < -0.3 is 0 Å². The van der Waals surface area contributed by atoms with Crippen molar-refractivity contribution < 1.29 is 0 Å². The summed E-state index contributed by atoms with van der Waals surface area (Å²) >= 11 is 0. The molecule has 0 spiro atoms. The molecule has 0 N–H and O–H groups in total. The number of nitrogens with zero attached hydrogens (tertiary/aromatic N) is 1. The summed E-state index contributed by atoms with van der Waals surface area (Å²) < 4.78 is 0. The number of likely N-dealkylation sites (N-methyl/N-ethyl adjacent to an activating group) is 1. The summed E-state index contributed by atoms with van der Waals surface area (Å²) in [5.74, 6) is 2.67. The van der Waals surface area contributed by atoms with Gasteiger partial charge in [-0.05, 0) is 32.9 Å². The molecule has 1 rings (SSSR count). The van der Waals surface area contributed by atoms with Gasteiger partial charge in [-0.15, -0.1) is 6.42 Å². The van der Waals surface area contributed by atoms with Gasteiger partial charge in [-0.25, -0.2) is 0 Å². The van der Waals surface area contributed by atoms with Gasteiger partial charge in [0.15, 0.2) is 0 Å². The second-order valence-corrected chi connectivity index (χ2v) is 4.16. The van der Waals surface area contributed by atoms with Crippen molar-refractivity contribution >= 4 is 0 Å². The first-order chi connectivity index (χ1) is 7.13. The summed E-state index contributed by atoms with van der Waals surface area (Å²) in [6, 6.07) is 9.18. The van der Waals surface area contributed by atoms with Crippen LogP contribution in [0.15, 0.2) is 24.3 Å². The molecule has 0 radical (unpaired) electrons. The van der Waals surface area contributed by atoms with E-state index in [9.17, 15) is 0 Å². The molecule has 0 saturated carbocycles. The van der Waals surface area contributed by atoms with E-state index in [0.717, 1.165) is 6.42 Å². The molecule has 0 amide bonds. The van der Waals surface area contributed by atoms with Gasteiger partial charge in [0, 0.05) is 6.04 Å². The fourth-order valence-electron chi connectivity index (χ4n) is 1.52. The van der Waals surface area contributed by atoms with E-state index in [1.54, 1.807) is 0 Å². The van der Waals surface area contributed by atoms with Crippen molar-refractivity contribution in [2.24, 2.45) is 0 Å². The van der Waals surface area contributed by atoms with Crippen molar-refractivity contribution in [3.8, 4) is 12.3 Å². The Labute approximate surface area is 93.1 Å². The molecule has 0 heterocycles. The number of rotatable bonds is 4. The van der Waals surface area contributed by atoms with Crippen LogP contribution in [0.1, 0.15) is 18.1 Å². The molecule has 0 aliphatic rings. The zero-order valence-corrected chi connectivity index (χ0v) is 9.83. The van der Waals surface area contributed by atoms with Crippen LogP contribution in [0.25, 0.3) is 0 Å². The highest BCUT2D eigenvalue weighted by atomic mass is 15.1. The Morgan fingerprint density at radius 3 is 2.47 bits per heavy atom. The smallest absolute Gasteiger partial charge is 0.0598 e. The zero-order chi connectivity index (χ0) is 11.3. The summed E-state index contributed by atoms with van der Waals surface area (Å²) in [5, 5.41) is 0. The molecule has 15 heavy (non-hydrogen) atoms. The van der Waals surface area contributed by atoms with Crippen LogP contribution in [0.5, 0.6) is 0 Å². The van der Waals surface area contributed by atoms with Gasteiger partial charge in [0.1, 0.15) is 0 Å². The van der Waals surface area contributed by atoms with E-state index in [1.165, 1.54) is 11.1 Å². The highest BCUT2D eigenvalue weighted by Gasteiger charge is 2.08. The van der Waals surface area contributed by atoms with E-state index < -0.39 is 0 Å². The van der Waals surface area contributed by atoms with E-state index in [-0.39, 0.29) is 0 Å². The van der Waals surface area contributed by atoms with Gasteiger partial charge in [0.05, 0.1) is 6.54 Å². The molecule has 1 nitrogen and oxygen atoms in total. The lowest BCUT2D eigenvalue weighted by atomic mass is 10.0. The number of terminal acetylenes is 1. The first-order valence-electron chi connectivity index (χ1n) is 5.32. The normalized spacial score (nSPS) is 12.5. The maximum absolute atomic E-state index is 5.29. The average Bonchev–Trinajstić information content (AvgIpc) is 2.22. The Morgan fingerprint density at radius 1 is 1.33 bits per heavy atom. The minimum Gasteiger partial charge on any atom is -0.292 e. The van der Waals surface area contributed by atoms with Crippen molar-refractivity contribution in [2.75, 3.05) is 13.6 Å². The number of aryl methyl sites for hydroxylation is 1. The lowest BCUT2D eigenvalue weighted by Gasteiger charge is -2.22. The lowest BCUT2D eigenvalue weighted by molar-refractivity contribution is 0.287. The molecular weight excluding hydrogens is 182 g/mol. The van der Waals surface area contributed by atoms with Crippen LogP contribution in [-0.2, 0) is 6.42 Å². The van der Waals surface area contributed by atoms with Gasteiger partial charge in [-0.3, -0.25) is 4.90 Å². The van der Waals surface area contributed by atoms with Crippen LogP contribution in [0.4, 0.5) is 0 Å². The van der Waals surface area contributed by atoms with Gasteiger partial charge >= 0.3 is 0 Å². The first kappa shape index (κ1) is 11.8. The third-order valence-corrected chi connectivity index (χ3v) is 2.74. The highest BCUT2D eigenvalue weighted by molar-refractivity contribution is 5.22. The Kier molecular flexibility index (Phi) is 4.39. The summed E-state index contributed by atoms with van der Waals surface area (Å²) in [7, 11) is 2.07. The largest absolute Gasteiger partial charge is 0.292 e. The molecule has 1 aromatic carbocycles. The van der Waals surface area contributed by atoms with Crippen molar-refractivity contribution in [1.29, 1.82) is 0 Å². The van der Waals surface area contributed by atoms with Crippen LogP contribution < -0.4 is 0 Å². The predicted octanol–water partition coefficient (Wildman–Crippen LogP) is 2.49. The van der Waals surface area contributed by atoms with Crippen LogP contribution in [0.3, 0.4) is 0 Å². The van der Waals surface area contributed by atoms with Crippen LogP contribution in [0.2, 0.25) is 0 Å². The fourth-order valence-corrected chi connectivity index (χ4v) is 1.52. The Bertz CT molecular complexity index is 331. The molecule has 0 saturated heterocycles. The van der Waals surface area contributed by atoms with Crippen molar-refractivity contribution in [2.45, 2.75) is 26.3 Å². The number of hydrogen-bond acceptors (Lipinski definition) is 1. The summed E-state index contributed by atoms with van der Waals surface area (Å²) in [4.78, 5) is 2.19. The lowest BCUT2D eigenvalue weighted by Crippen LogP contribution is -2.31. The topological polar surface area (TPSA) is 3.24 Å². The Morgan fingerprint density at radius 2 is 1.93 bits per heavy atom. The molecule has 0 aromatic heterocycles. The minimum atomic E-state index is 0.490. The molecule has 0 aliphatic carbocycles. The Balaban J connectivity index is 2.55. The molecular formula is C14H19N. The maximum Gasteiger partial charge on any atom is 0.0598 e. The van der Waals surface area contributed by atoms with Crippen molar-refractivity contribution in [1.82, 2.24) is 4.90 Å². The van der Waals surface area contributed by atoms with E-state index in [0.29, 0.717) is 12.6 Å². The molecule has 0 aliphatic heterocycles. The molecule has 0 bridgehead atoms. The minimum absolute atomic E-state index is 0.490. The quantitative estimate of drug-likeness (QED) is 0.676. The van der Waals surface area contributed by atoms with E-state index in [4.69, 9.17) is 6.42 Å². The predicted molar refractivity (Wildman–Crippen MR) is 65.8 cm³/mol. The van der Waals surface area contributed by atoms with Gasteiger partial charge in [-0.1, -0.05) is 35.7 Å². The molecule has 1 heteroatoms. The van der Waals surface area contributed by atoms with Crippen molar-refractivity contribution in [3.63, 3.8) is 0 Å². The molecule has 1 aromatic rings. The van der Waals surface area contributed by atoms with Crippen LogP contribution >= 0.6 is 0 Å². The van der Waals surface area contributed by atoms with Crippen molar-refractivity contribution in [3.05, 3.63) is 35.4 Å². The van der Waals surface area contributed by atoms with Crippen LogP contribution in [0, 0.1) is 19.3 Å². The summed E-state index contributed by atoms with van der Waals surface area (Å²) in [6.07, 6.45) is 6.34. The van der Waals surface area contributed by atoms with E-state index in [1.807, 2.05) is 0 Å². The maximum atomic E-state index is 5.29. The molecule has 1 unspecified atom stereocenters. The number of benzene rings is 1. The Hall–Kier alpha value is -1.26. The van der Waals surface area contributed by atoms with Gasteiger partial charge in [0.25, 0.3) is 0 Å². The van der Waals surface area contributed by atoms with Gasteiger partial charge in [0.2, 0.25) is 0 Å². The molecule has 1 atom stereocenters. The fraction of sp³-hybridized carbons (Fsp3) is 0.429. The van der Waals surface area contributed by atoms with Gasteiger partial charge in [-0.2, -0.15) is 0 Å². The SMILES string of the molecule is C#CCN(C)C(C)Cc1ccc(C)cc1. The third-order valence-electron chi connectivity index (χ3n) is 2.74. The second-order valence-electron chi connectivity index (χ2n) is 4.16. The molecule has 80 valence electrons. The highest BCUT2D eigenvalue weighted by Crippen LogP contribution is 2.08. The van der Waals surface area contributed by atoms with E-state index in [2.05, 4.69) is 56.0 Å². The third kappa shape index (κ3) is 3.77.